The Kier molecular flexibility index (Phi) is 4.66. The van der Waals surface area contributed by atoms with Gasteiger partial charge < -0.3 is 4.74 Å². The van der Waals surface area contributed by atoms with Crippen LogP contribution in [0.2, 0.25) is 10.3 Å². The maximum atomic E-state index is 9.27. The van der Waals surface area contributed by atoms with Crippen molar-refractivity contribution in [2.24, 2.45) is 0 Å². The molecule has 0 spiro atoms. The number of halogens is 2. The van der Waals surface area contributed by atoms with Gasteiger partial charge in [0.1, 0.15) is 27.9 Å². The number of benzene rings is 1. The van der Waals surface area contributed by atoms with Crippen molar-refractivity contribution in [3.63, 3.8) is 0 Å². The molecule has 1 aromatic carbocycles. The van der Waals surface area contributed by atoms with Gasteiger partial charge in [-0.25, -0.2) is 4.98 Å². The fourth-order valence-electron chi connectivity index (χ4n) is 2.32. The van der Waals surface area contributed by atoms with E-state index in [4.69, 9.17) is 27.9 Å². The monoisotopic (exact) mass is 342 g/mol. The zero-order valence-corrected chi connectivity index (χ0v) is 13.6. The van der Waals surface area contributed by atoms with E-state index < -0.39 is 0 Å². The van der Waals surface area contributed by atoms with E-state index in [0.717, 1.165) is 29.9 Å². The molecule has 1 aliphatic carbocycles. The van der Waals surface area contributed by atoms with E-state index in [2.05, 4.69) is 23.2 Å². The molecule has 2 aromatic rings. The molecule has 1 aliphatic rings. The summed E-state index contributed by atoms with van der Waals surface area (Å²) >= 11 is 11.9. The van der Waals surface area contributed by atoms with Crippen molar-refractivity contribution in [2.75, 3.05) is 0 Å². The van der Waals surface area contributed by atoms with Crippen LogP contribution in [0.5, 0.6) is 5.75 Å². The molecule has 0 bridgehead atoms. The molecule has 114 valence electrons. The van der Waals surface area contributed by atoms with Gasteiger partial charge >= 0.3 is 0 Å². The number of nitriles is 1. The van der Waals surface area contributed by atoms with Crippen molar-refractivity contribution in [3.05, 3.63) is 70.2 Å². The molecular formula is C18H12Cl2N2O. The highest BCUT2D eigenvalue weighted by atomic mass is 35.5. The Morgan fingerprint density at radius 2 is 1.91 bits per heavy atom. The number of aromatic nitrogens is 1. The Hall–Kier alpha value is -2.28. The maximum Gasteiger partial charge on any atom is 0.149 e. The molecule has 1 aromatic heterocycles. The lowest BCUT2D eigenvalue weighted by atomic mass is 10.0. The Morgan fingerprint density at radius 3 is 2.57 bits per heavy atom. The van der Waals surface area contributed by atoms with E-state index in [1.807, 2.05) is 30.3 Å². The summed E-state index contributed by atoms with van der Waals surface area (Å²) in [7, 11) is 0. The lowest BCUT2D eigenvalue weighted by Gasteiger charge is -2.11. The molecule has 5 heteroatoms. The highest BCUT2D eigenvalue weighted by Crippen LogP contribution is 2.31. The van der Waals surface area contributed by atoms with Crippen LogP contribution >= 0.6 is 23.2 Å². The summed E-state index contributed by atoms with van der Waals surface area (Å²) in [5.74, 6) is 1.58. The second-order valence-corrected chi connectivity index (χ2v) is 5.73. The first-order valence-electron chi connectivity index (χ1n) is 7.08. The number of hydrogen-bond donors (Lipinski definition) is 0. The summed E-state index contributed by atoms with van der Waals surface area (Å²) in [6.45, 7) is 0. The smallest absolute Gasteiger partial charge is 0.149 e. The van der Waals surface area contributed by atoms with Crippen molar-refractivity contribution in [1.82, 2.24) is 4.98 Å². The first-order valence-corrected chi connectivity index (χ1v) is 7.84. The highest BCUT2D eigenvalue weighted by molar-refractivity contribution is 6.33. The van der Waals surface area contributed by atoms with Crippen LogP contribution in [-0.4, -0.2) is 4.98 Å². The van der Waals surface area contributed by atoms with E-state index in [0.29, 0.717) is 11.1 Å². The van der Waals surface area contributed by atoms with E-state index in [-0.39, 0.29) is 10.3 Å². The Labute approximate surface area is 144 Å². The van der Waals surface area contributed by atoms with Gasteiger partial charge in [-0.3, -0.25) is 0 Å². The van der Waals surface area contributed by atoms with Crippen LogP contribution in [0.3, 0.4) is 0 Å². The van der Waals surface area contributed by atoms with Crippen LogP contribution in [0.25, 0.3) is 11.1 Å². The van der Waals surface area contributed by atoms with E-state index in [1.54, 1.807) is 6.07 Å². The number of ether oxygens (including phenoxy) is 1. The standard InChI is InChI=1S/C18H12Cl2N2O/c19-17-10-15(16(11-21)18(20)22-17)12-6-8-14(9-7-12)23-13-4-2-1-3-5-13/h2,4-10H,1,3H2. The molecule has 0 fully saturated rings. The molecule has 23 heavy (non-hydrogen) atoms. The zero-order valence-electron chi connectivity index (χ0n) is 12.1. The lowest BCUT2D eigenvalue weighted by Crippen LogP contribution is -1.95. The highest BCUT2D eigenvalue weighted by Gasteiger charge is 2.12. The van der Waals surface area contributed by atoms with Gasteiger partial charge in [-0.2, -0.15) is 5.26 Å². The number of allylic oxidation sites excluding steroid dienone is 3. The molecular weight excluding hydrogens is 331 g/mol. The van der Waals surface area contributed by atoms with Crippen molar-refractivity contribution < 1.29 is 4.74 Å². The predicted octanol–water partition coefficient (Wildman–Crippen LogP) is 5.54. The average molecular weight is 343 g/mol. The second-order valence-electron chi connectivity index (χ2n) is 4.98. The first kappa shape index (κ1) is 15.6. The van der Waals surface area contributed by atoms with Crippen molar-refractivity contribution in [3.8, 4) is 22.9 Å². The maximum absolute atomic E-state index is 9.27. The van der Waals surface area contributed by atoms with Gasteiger partial charge in [-0.15, -0.1) is 0 Å². The minimum Gasteiger partial charge on any atom is -0.458 e. The van der Waals surface area contributed by atoms with Gasteiger partial charge in [0.25, 0.3) is 0 Å². The molecule has 3 nitrogen and oxygen atoms in total. The largest absolute Gasteiger partial charge is 0.458 e. The van der Waals surface area contributed by atoms with Gasteiger partial charge in [0.15, 0.2) is 0 Å². The molecule has 0 saturated heterocycles. The SMILES string of the molecule is N#Cc1c(-c2ccc(OC3=CCCC=C3)cc2)cc(Cl)nc1Cl. The van der Waals surface area contributed by atoms with Crippen LogP contribution in [0.15, 0.2) is 54.3 Å². The molecule has 3 rings (SSSR count). The Morgan fingerprint density at radius 1 is 1.13 bits per heavy atom. The van der Waals surface area contributed by atoms with Crippen LogP contribution in [0, 0.1) is 11.3 Å². The number of pyridine rings is 1. The van der Waals surface area contributed by atoms with Gasteiger partial charge in [0.2, 0.25) is 0 Å². The molecule has 0 atom stereocenters. The first-order chi connectivity index (χ1) is 11.2. The molecule has 0 unspecified atom stereocenters. The van der Waals surface area contributed by atoms with Crippen LogP contribution in [0.1, 0.15) is 18.4 Å². The van der Waals surface area contributed by atoms with Gasteiger partial charge in [0.05, 0.1) is 5.56 Å². The molecule has 0 aliphatic heterocycles. The van der Waals surface area contributed by atoms with E-state index >= 15 is 0 Å². The van der Waals surface area contributed by atoms with Gasteiger partial charge in [0, 0.05) is 5.56 Å². The van der Waals surface area contributed by atoms with Crippen LogP contribution in [0.4, 0.5) is 0 Å². The molecule has 1 heterocycles. The summed E-state index contributed by atoms with van der Waals surface area (Å²) in [4.78, 5) is 3.89. The number of rotatable bonds is 3. The van der Waals surface area contributed by atoms with E-state index in [9.17, 15) is 5.26 Å². The summed E-state index contributed by atoms with van der Waals surface area (Å²) < 4.78 is 5.80. The third-order valence-electron chi connectivity index (χ3n) is 3.42. The average Bonchev–Trinajstić information content (AvgIpc) is 2.56. The summed E-state index contributed by atoms with van der Waals surface area (Å²) in [6, 6.07) is 11.1. The molecule has 0 amide bonds. The van der Waals surface area contributed by atoms with Gasteiger partial charge in [-0.05, 0) is 48.8 Å². The van der Waals surface area contributed by atoms with Crippen molar-refractivity contribution in [2.45, 2.75) is 12.8 Å². The second kappa shape index (κ2) is 6.87. The zero-order chi connectivity index (χ0) is 16.2. The normalized spacial score (nSPS) is 13.3. The van der Waals surface area contributed by atoms with E-state index in [1.165, 1.54) is 0 Å². The van der Waals surface area contributed by atoms with Crippen LogP contribution < -0.4 is 4.74 Å². The lowest BCUT2D eigenvalue weighted by molar-refractivity contribution is 0.439. The topological polar surface area (TPSA) is 45.9 Å². The fraction of sp³-hybridized carbons (Fsp3) is 0.111. The third kappa shape index (κ3) is 3.56. The summed E-state index contributed by atoms with van der Waals surface area (Å²) in [5, 5.41) is 9.62. The quantitative estimate of drug-likeness (QED) is 0.688. The van der Waals surface area contributed by atoms with Crippen molar-refractivity contribution >= 4 is 23.2 Å². The molecule has 0 radical (unpaired) electrons. The van der Waals surface area contributed by atoms with Crippen molar-refractivity contribution in [1.29, 1.82) is 5.26 Å². The third-order valence-corrected chi connectivity index (χ3v) is 3.88. The number of hydrogen-bond acceptors (Lipinski definition) is 3. The summed E-state index contributed by atoms with van der Waals surface area (Å²) in [5.41, 5.74) is 1.79. The summed E-state index contributed by atoms with van der Waals surface area (Å²) in [6.07, 6.45) is 8.15. The van der Waals surface area contributed by atoms with Crippen LogP contribution in [-0.2, 0) is 0 Å². The Balaban J connectivity index is 1.90. The Bertz CT molecular complexity index is 833. The number of nitrogens with zero attached hydrogens (tertiary/aromatic N) is 2. The molecule has 0 N–H and O–H groups in total. The predicted molar refractivity (Wildman–Crippen MR) is 91.5 cm³/mol. The minimum atomic E-state index is 0.104. The van der Waals surface area contributed by atoms with Gasteiger partial charge in [-0.1, -0.05) is 41.4 Å². The minimum absolute atomic E-state index is 0.104. The fourth-order valence-corrected chi connectivity index (χ4v) is 2.79. The molecule has 0 saturated carbocycles.